The molecule has 128 valence electrons. The van der Waals surface area contributed by atoms with Crippen LogP contribution in [0.2, 0.25) is 0 Å². The van der Waals surface area contributed by atoms with Crippen LogP contribution in [0.4, 0.5) is 0 Å². The number of likely N-dealkylation sites (N-methyl/N-ethyl adjacent to an activating group) is 1. The van der Waals surface area contributed by atoms with Crippen LogP contribution in [0.5, 0.6) is 0 Å². The summed E-state index contributed by atoms with van der Waals surface area (Å²) in [5.41, 5.74) is 2.32. The third kappa shape index (κ3) is 3.67. The average molecular weight is 326 g/mol. The molecule has 3 rings (SSSR count). The highest BCUT2D eigenvalue weighted by Gasteiger charge is 2.28. The number of nitrogens with one attached hydrogen (secondary N) is 1. The Morgan fingerprint density at radius 3 is 2.71 bits per heavy atom. The lowest BCUT2D eigenvalue weighted by atomic mass is 9.92. The fourth-order valence-corrected chi connectivity index (χ4v) is 3.58. The van der Waals surface area contributed by atoms with Crippen molar-refractivity contribution in [2.45, 2.75) is 31.2 Å². The normalized spacial score (nSPS) is 19.8. The van der Waals surface area contributed by atoms with Crippen LogP contribution in [0.1, 0.15) is 42.3 Å². The second-order valence-electron chi connectivity index (χ2n) is 6.53. The minimum Gasteiger partial charge on any atom is -0.341 e. The molecular weight excluding hydrogens is 300 g/mol. The van der Waals surface area contributed by atoms with Crippen molar-refractivity contribution in [1.29, 1.82) is 0 Å². The van der Waals surface area contributed by atoms with Gasteiger partial charge in [-0.25, -0.2) is 0 Å². The molecule has 1 amide bonds. The van der Waals surface area contributed by atoms with Crippen molar-refractivity contribution in [2.24, 2.45) is 7.05 Å². The predicted octanol–water partition coefficient (Wildman–Crippen LogP) is 2.48. The SMILES string of the molecule is CNC(C(=O)N1CCCC(c2ccccc2)CC1)c1cnn(C)c1. The number of likely N-dealkylation sites (tertiary alicyclic amines) is 1. The minimum atomic E-state index is -0.313. The van der Waals surface area contributed by atoms with Crippen LogP contribution in [0.3, 0.4) is 0 Å². The Balaban J connectivity index is 1.67. The van der Waals surface area contributed by atoms with Crippen molar-refractivity contribution in [1.82, 2.24) is 20.0 Å². The van der Waals surface area contributed by atoms with E-state index in [1.54, 1.807) is 10.9 Å². The van der Waals surface area contributed by atoms with Crippen molar-refractivity contribution in [3.8, 4) is 0 Å². The molecule has 24 heavy (non-hydrogen) atoms. The molecule has 2 heterocycles. The lowest BCUT2D eigenvalue weighted by Crippen LogP contribution is -2.40. The van der Waals surface area contributed by atoms with Crippen LogP contribution < -0.4 is 5.32 Å². The van der Waals surface area contributed by atoms with Gasteiger partial charge in [-0.2, -0.15) is 5.10 Å². The lowest BCUT2D eigenvalue weighted by molar-refractivity contribution is -0.133. The van der Waals surface area contributed by atoms with E-state index in [9.17, 15) is 4.79 Å². The van der Waals surface area contributed by atoms with E-state index in [0.717, 1.165) is 37.9 Å². The maximum atomic E-state index is 13.0. The van der Waals surface area contributed by atoms with Gasteiger partial charge in [0, 0.05) is 31.9 Å². The zero-order valence-corrected chi connectivity index (χ0v) is 14.5. The van der Waals surface area contributed by atoms with Crippen LogP contribution >= 0.6 is 0 Å². The second-order valence-corrected chi connectivity index (χ2v) is 6.53. The van der Waals surface area contributed by atoms with E-state index in [4.69, 9.17) is 0 Å². The zero-order valence-electron chi connectivity index (χ0n) is 14.5. The summed E-state index contributed by atoms with van der Waals surface area (Å²) in [6, 6.07) is 10.3. The predicted molar refractivity (Wildman–Crippen MR) is 94.6 cm³/mol. The van der Waals surface area contributed by atoms with Gasteiger partial charge in [-0.05, 0) is 37.8 Å². The largest absolute Gasteiger partial charge is 0.341 e. The minimum absolute atomic E-state index is 0.152. The van der Waals surface area contributed by atoms with Gasteiger partial charge in [-0.15, -0.1) is 0 Å². The Morgan fingerprint density at radius 1 is 1.25 bits per heavy atom. The van der Waals surface area contributed by atoms with Crippen molar-refractivity contribution in [2.75, 3.05) is 20.1 Å². The first-order chi connectivity index (χ1) is 11.7. The number of hydrogen-bond donors (Lipinski definition) is 1. The maximum absolute atomic E-state index is 13.0. The van der Waals surface area contributed by atoms with Gasteiger partial charge in [-0.3, -0.25) is 9.48 Å². The summed E-state index contributed by atoms with van der Waals surface area (Å²) < 4.78 is 1.74. The van der Waals surface area contributed by atoms with Gasteiger partial charge >= 0.3 is 0 Å². The molecule has 1 N–H and O–H groups in total. The number of rotatable bonds is 4. The van der Waals surface area contributed by atoms with Gasteiger partial charge in [0.15, 0.2) is 0 Å². The third-order valence-corrected chi connectivity index (χ3v) is 4.90. The van der Waals surface area contributed by atoms with Crippen molar-refractivity contribution in [3.63, 3.8) is 0 Å². The topological polar surface area (TPSA) is 50.2 Å². The van der Waals surface area contributed by atoms with Gasteiger partial charge in [-0.1, -0.05) is 30.3 Å². The Morgan fingerprint density at radius 2 is 2.04 bits per heavy atom. The Kier molecular flexibility index (Phi) is 5.30. The number of hydrogen-bond acceptors (Lipinski definition) is 3. The van der Waals surface area contributed by atoms with Gasteiger partial charge in [0.05, 0.1) is 6.20 Å². The number of amides is 1. The number of aryl methyl sites for hydroxylation is 1. The van der Waals surface area contributed by atoms with E-state index in [1.165, 1.54) is 5.56 Å². The summed E-state index contributed by atoms with van der Waals surface area (Å²) in [7, 11) is 3.71. The summed E-state index contributed by atoms with van der Waals surface area (Å²) in [4.78, 5) is 15.0. The van der Waals surface area contributed by atoms with E-state index >= 15 is 0 Å². The maximum Gasteiger partial charge on any atom is 0.244 e. The van der Waals surface area contributed by atoms with Gasteiger partial charge in [0.1, 0.15) is 6.04 Å². The molecule has 5 heteroatoms. The lowest BCUT2D eigenvalue weighted by Gasteiger charge is -2.25. The van der Waals surface area contributed by atoms with Crippen LogP contribution in [0.25, 0.3) is 0 Å². The second kappa shape index (κ2) is 7.62. The molecule has 0 radical (unpaired) electrons. The highest BCUT2D eigenvalue weighted by Crippen LogP contribution is 2.28. The average Bonchev–Trinajstić information content (AvgIpc) is 2.88. The quantitative estimate of drug-likeness (QED) is 0.939. The molecule has 0 spiro atoms. The molecule has 2 aromatic rings. The van der Waals surface area contributed by atoms with Crippen LogP contribution in [0.15, 0.2) is 42.7 Å². The van der Waals surface area contributed by atoms with Crippen molar-refractivity contribution >= 4 is 5.91 Å². The van der Waals surface area contributed by atoms with Crippen LogP contribution in [0, 0.1) is 0 Å². The van der Waals surface area contributed by atoms with E-state index < -0.39 is 0 Å². The molecule has 1 aromatic heterocycles. The molecule has 1 aliphatic heterocycles. The number of carbonyl (C=O) groups is 1. The molecule has 5 nitrogen and oxygen atoms in total. The van der Waals surface area contributed by atoms with Gasteiger partial charge < -0.3 is 10.2 Å². The van der Waals surface area contributed by atoms with E-state index in [1.807, 2.05) is 25.2 Å². The summed E-state index contributed by atoms with van der Waals surface area (Å²) >= 11 is 0. The number of nitrogens with zero attached hydrogens (tertiary/aromatic N) is 3. The Labute approximate surface area is 143 Å². The number of carbonyl (C=O) groups excluding carboxylic acids is 1. The number of aromatic nitrogens is 2. The van der Waals surface area contributed by atoms with Gasteiger partial charge in [0.25, 0.3) is 0 Å². The molecule has 1 saturated heterocycles. The smallest absolute Gasteiger partial charge is 0.244 e. The highest BCUT2D eigenvalue weighted by atomic mass is 16.2. The van der Waals surface area contributed by atoms with Crippen molar-refractivity contribution < 1.29 is 4.79 Å². The molecule has 1 fully saturated rings. The third-order valence-electron chi connectivity index (χ3n) is 4.90. The monoisotopic (exact) mass is 326 g/mol. The van der Waals surface area contributed by atoms with Crippen LogP contribution in [-0.2, 0) is 11.8 Å². The van der Waals surface area contributed by atoms with Crippen molar-refractivity contribution in [3.05, 3.63) is 53.9 Å². The van der Waals surface area contributed by atoms with E-state index in [0.29, 0.717) is 5.92 Å². The summed E-state index contributed by atoms with van der Waals surface area (Å²) in [6.07, 6.45) is 6.90. The first-order valence-corrected chi connectivity index (χ1v) is 8.68. The zero-order chi connectivity index (χ0) is 16.9. The van der Waals surface area contributed by atoms with E-state index in [2.05, 4.69) is 40.7 Å². The van der Waals surface area contributed by atoms with E-state index in [-0.39, 0.29) is 11.9 Å². The molecule has 0 aliphatic carbocycles. The molecule has 1 aliphatic rings. The number of benzene rings is 1. The molecule has 2 unspecified atom stereocenters. The molecule has 2 atom stereocenters. The Bertz CT molecular complexity index is 667. The summed E-state index contributed by atoms with van der Waals surface area (Å²) in [5, 5.41) is 7.34. The molecule has 0 saturated carbocycles. The molecular formula is C19H26N4O. The molecule has 1 aromatic carbocycles. The fraction of sp³-hybridized carbons (Fsp3) is 0.474. The summed E-state index contributed by atoms with van der Waals surface area (Å²) in [6.45, 7) is 1.65. The first-order valence-electron chi connectivity index (χ1n) is 8.68. The standard InChI is InChI=1S/C19H26N4O/c1-20-18(17-13-21-22(2)14-17)19(24)23-11-6-9-16(10-12-23)15-7-4-3-5-8-15/h3-5,7-8,13-14,16,18,20H,6,9-12H2,1-2H3. The first kappa shape index (κ1) is 16.7. The van der Waals surface area contributed by atoms with Crippen LogP contribution in [-0.4, -0.2) is 40.7 Å². The Hall–Kier alpha value is -2.14. The summed E-state index contributed by atoms with van der Waals surface area (Å²) in [5.74, 6) is 0.703. The molecule has 0 bridgehead atoms. The van der Waals surface area contributed by atoms with Gasteiger partial charge in [0.2, 0.25) is 5.91 Å². The highest BCUT2D eigenvalue weighted by molar-refractivity contribution is 5.83. The fourth-order valence-electron chi connectivity index (χ4n) is 3.58.